The fourth-order valence-electron chi connectivity index (χ4n) is 2.31. The van der Waals surface area contributed by atoms with E-state index in [1.54, 1.807) is 0 Å². The Kier molecular flexibility index (Phi) is 2.13. The van der Waals surface area contributed by atoms with Crippen molar-refractivity contribution >= 4 is 15.9 Å². The molecular weight excluding hydrogens is 242 g/mol. The molecule has 1 aromatic heterocycles. The van der Waals surface area contributed by atoms with Gasteiger partial charge in [-0.15, -0.1) is 0 Å². The Morgan fingerprint density at radius 1 is 1.36 bits per heavy atom. The molecule has 0 aromatic carbocycles. The minimum absolute atomic E-state index is 0.651. The summed E-state index contributed by atoms with van der Waals surface area (Å²) in [5, 5.41) is 3.31. The van der Waals surface area contributed by atoms with Crippen molar-refractivity contribution < 1.29 is 0 Å². The molecule has 3 nitrogen and oxygen atoms in total. The normalized spacial score (nSPS) is 21.8. The van der Waals surface area contributed by atoms with Gasteiger partial charge in [0.2, 0.25) is 0 Å². The van der Waals surface area contributed by atoms with Crippen LogP contribution in [-0.4, -0.2) is 22.6 Å². The molecule has 1 fully saturated rings. The van der Waals surface area contributed by atoms with E-state index in [9.17, 15) is 0 Å². The third-order valence-corrected chi connectivity index (χ3v) is 3.88. The van der Waals surface area contributed by atoms with E-state index in [-0.39, 0.29) is 0 Å². The van der Waals surface area contributed by atoms with E-state index in [2.05, 4.69) is 30.8 Å². The molecule has 2 aliphatic rings. The van der Waals surface area contributed by atoms with Crippen molar-refractivity contribution in [1.82, 2.24) is 14.9 Å². The highest BCUT2D eigenvalue weighted by Gasteiger charge is 2.27. The maximum absolute atomic E-state index is 4.65. The zero-order valence-corrected chi connectivity index (χ0v) is 9.68. The molecule has 0 atom stereocenters. The molecule has 0 radical (unpaired) electrons. The van der Waals surface area contributed by atoms with E-state index in [1.807, 2.05) is 0 Å². The van der Waals surface area contributed by atoms with Gasteiger partial charge in [0, 0.05) is 25.6 Å². The van der Waals surface area contributed by atoms with Crippen LogP contribution in [0.5, 0.6) is 0 Å². The lowest BCUT2D eigenvalue weighted by molar-refractivity contribution is 0.400. The number of hydrogen-bond acceptors (Lipinski definition) is 2. The van der Waals surface area contributed by atoms with Crippen molar-refractivity contribution in [3.05, 3.63) is 16.1 Å². The van der Waals surface area contributed by atoms with Crippen LogP contribution in [0.3, 0.4) is 0 Å². The van der Waals surface area contributed by atoms with Gasteiger partial charge in [0.25, 0.3) is 0 Å². The van der Waals surface area contributed by atoms with Crippen LogP contribution in [0.4, 0.5) is 0 Å². The van der Waals surface area contributed by atoms with Gasteiger partial charge in [-0.05, 0) is 35.2 Å². The number of halogens is 1. The van der Waals surface area contributed by atoms with Gasteiger partial charge in [0.05, 0.1) is 5.69 Å². The lowest BCUT2D eigenvalue weighted by Gasteiger charge is -2.28. The summed E-state index contributed by atoms with van der Waals surface area (Å²) in [5.74, 6) is 1.95. The summed E-state index contributed by atoms with van der Waals surface area (Å²) in [6, 6.07) is 0. The first-order valence-corrected chi connectivity index (χ1v) is 6.11. The molecule has 2 aliphatic heterocycles. The molecule has 0 saturated carbocycles. The van der Waals surface area contributed by atoms with Crippen molar-refractivity contribution in [2.75, 3.05) is 13.1 Å². The maximum Gasteiger partial charge on any atom is 0.127 e. The van der Waals surface area contributed by atoms with E-state index in [0.717, 1.165) is 17.7 Å². The summed E-state index contributed by atoms with van der Waals surface area (Å²) in [7, 11) is 0. The summed E-state index contributed by atoms with van der Waals surface area (Å²) in [6.07, 6.45) is 3.81. The second kappa shape index (κ2) is 3.35. The standard InChI is InChI=1S/C10H14BrN3/c11-9-8-3-1-2-4-14(8)10(13-9)7-5-12-6-7/h7,12H,1-6H2. The third kappa shape index (κ3) is 1.24. The van der Waals surface area contributed by atoms with Crippen LogP contribution in [0.1, 0.15) is 30.3 Å². The van der Waals surface area contributed by atoms with Gasteiger partial charge in [-0.3, -0.25) is 0 Å². The van der Waals surface area contributed by atoms with E-state index in [4.69, 9.17) is 0 Å². The Balaban J connectivity index is 2.02. The molecule has 1 N–H and O–H groups in total. The van der Waals surface area contributed by atoms with Crippen LogP contribution in [-0.2, 0) is 13.0 Å². The molecule has 14 heavy (non-hydrogen) atoms. The van der Waals surface area contributed by atoms with Gasteiger partial charge in [-0.2, -0.15) is 0 Å². The van der Waals surface area contributed by atoms with Crippen LogP contribution in [0, 0.1) is 0 Å². The summed E-state index contributed by atoms with van der Waals surface area (Å²) >= 11 is 3.57. The first-order valence-electron chi connectivity index (χ1n) is 5.32. The average Bonchev–Trinajstić information content (AvgIpc) is 2.43. The minimum Gasteiger partial charge on any atom is -0.331 e. The monoisotopic (exact) mass is 255 g/mol. The Morgan fingerprint density at radius 2 is 2.21 bits per heavy atom. The summed E-state index contributed by atoms with van der Waals surface area (Å²) in [4.78, 5) is 4.65. The number of hydrogen-bond donors (Lipinski definition) is 1. The zero-order chi connectivity index (χ0) is 9.54. The van der Waals surface area contributed by atoms with Gasteiger partial charge in [-0.25, -0.2) is 4.98 Å². The average molecular weight is 256 g/mol. The number of fused-ring (bicyclic) bond motifs is 1. The van der Waals surface area contributed by atoms with Crippen molar-refractivity contribution in [3.63, 3.8) is 0 Å². The van der Waals surface area contributed by atoms with Crippen molar-refractivity contribution in [1.29, 1.82) is 0 Å². The Bertz CT molecular complexity index is 354. The van der Waals surface area contributed by atoms with Crippen molar-refractivity contribution in [2.24, 2.45) is 0 Å². The maximum atomic E-state index is 4.65. The largest absolute Gasteiger partial charge is 0.331 e. The third-order valence-electron chi connectivity index (χ3n) is 3.25. The van der Waals surface area contributed by atoms with E-state index >= 15 is 0 Å². The smallest absolute Gasteiger partial charge is 0.127 e. The lowest BCUT2D eigenvalue weighted by Crippen LogP contribution is -2.41. The molecule has 0 unspecified atom stereocenters. The molecule has 0 aliphatic carbocycles. The molecule has 0 spiro atoms. The number of rotatable bonds is 1. The van der Waals surface area contributed by atoms with Gasteiger partial charge < -0.3 is 9.88 Å². The van der Waals surface area contributed by atoms with E-state index in [0.29, 0.717) is 5.92 Å². The summed E-state index contributed by atoms with van der Waals surface area (Å²) in [5.41, 5.74) is 1.41. The first-order chi connectivity index (χ1) is 6.86. The van der Waals surface area contributed by atoms with Crippen molar-refractivity contribution in [3.8, 4) is 0 Å². The number of aromatic nitrogens is 2. The molecule has 0 amide bonds. The van der Waals surface area contributed by atoms with Crippen LogP contribution in [0.2, 0.25) is 0 Å². The SMILES string of the molecule is Brc1nc(C2CNC2)n2c1CCCC2. The highest BCUT2D eigenvalue weighted by atomic mass is 79.9. The predicted molar refractivity (Wildman–Crippen MR) is 58.5 cm³/mol. The Labute approximate surface area is 92.0 Å². The highest BCUT2D eigenvalue weighted by Crippen LogP contribution is 2.29. The molecule has 76 valence electrons. The number of nitrogens with zero attached hydrogens (tertiary/aromatic N) is 2. The highest BCUT2D eigenvalue weighted by molar-refractivity contribution is 9.10. The van der Waals surface area contributed by atoms with Gasteiger partial charge >= 0.3 is 0 Å². The van der Waals surface area contributed by atoms with E-state index in [1.165, 1.54) is 37.3 Å². The summed E-state index contributed by atoms with van der Waals surface area (Å²) < 4.78 is 3.51. The second-order valence-electron chi connectivity index (χ2n) is 4.17. The molecular formula is C10H14BrN3. The van der Waals surface area contributed by atoms with Crippen LogP contribution < -0.4 is 5.32 Å². The molecule has 0 bridgehead atoms. The van der Waals surface area contributed by atoms with Gasteiger partial charge in [0.1, 0.15) is 10.4 Å². The zero-order valence-electron chi connectivity index (χ0n) is 8.09. The molecule has 3 heterocycles. The second-order valence-corrected chi connectivity index (χ2v) is 4.92. The quantitative estimate of drug-likeness (QED) is 0.828. The van der Waals surface area contributed by atoms with Gasteiger partial charge in [0.15, 0.2) is 0 Å². The summed E-state index contributed by atoms with van der Waals surface area (Å²) in [6.45, 7) is 3.37. The predicted octanol–water partition coefficient (Wildman–Crippen LogP) is 1.67. The lowest BCUT2D eigenvalue weighted by atomic mass is 10.0. The molecule has 3 rings (SSSR count). The first kappa shape index (κ1) is 8.92. The molecule has 1 aromatic rings. The van der Waals surface area contributed by atoms with E-state index < -0.39 is 0 Å². The Hall–Kier alpha value is -0.350. The molecule has 1 saturated heterocycles. The van der Waals surface area contributed by atoms with Gasteiger partial charge in [-0.1, -0.05) is 0 Å². The Morgan fingerprint density at radius 3 is 2.93 bits per heavy atom. The topological polar surface area (TPSA) is 29.9 Å². The van der Waals surface area contributed by atoms with Crippen LogP contribution >= 0.6 is 15.9 Å². The number of imidazole rings is 1. The minimum atomic E-state index is 0.651. The van der Waals surface area contributed by atoms with Crippen LogP contribution in [0.15, 0.2) is 4.60 Å². The van der Waals surface area contributed by atoms with Crippen molar-refractivity contribution in [2.45, 2.75) is 31.7 Å². The number of nitrogens with one attached hydrogen (secondary N) is 1. The molecule has 4 heteroatoms. The van der Waals surface area contributed by atoms with Crippen LogP contribution in [0.25, 0.3) is 0 Å². The fraction of sp³-hybridized carbons (Fsp3) is 0.700. The fourth-order valence-corrected chi connectivity index (χ4v) is 2.90.